The minimum Gasteiger partial charge on any atom is -0.480 e. The number of unbranched alkanes of at least 4 members (excludes halogenated alkanes) is 1. The molecular weight excluding hydrogens is 179 g/mol. The van der Waals surface area contributed by atoms with Gasteiger partial charge in [0.25, 0.3) is 0 Å². The van der Waals surface area contributed by atoms with Crippen LogP contribution in [0, 0.1) is 13.3 Å². The summed E-state index contributed by atoms with van der Waals surface area (Å²) >= 11 is 0. The van der Waals surface area contributed by atoms with E-state index in [0.717, 1.165) is 12.8 Å². The third-order valence-corrected chi connectivity index (χ3v) is 0.975. The monoisotopic (exact) mass is 187 g/mol. The second kappa shape index (κ2) is 5.49. The number of hydrogen-bond acceptors (Lipinski definition) is 2. The molecule has 0 aliphatic rings. The summed E-state index contributed by atoms with van der Waals surface area (Å²) in [7, 11) is 0. The smallest absolute Gasteiger partial charge is 0.480 e. The molecule has 0 bridgehead atoms. The molecule has 1 aromatic heterocycles. The molecule has 0 aromatic carbocycles. The van der Waals surface area contributed by atoms with Crippen molar-refractivity contribution in [2.24, 2.45) is 0 Å². The first-order chi connectivity index (χ1) is 4.43. The maximum atomic E-state index is 4.94. The fourth-order valence-electron chi connectivity index (χ4n) is 0.561. The van der Waals surface area contributed by atoms with E-state index in [1.54, 1.807) is 12.5 Å². The molecule has 0 aliphatic carbocycles. The van der Waals surface area contributed by atoms with Gasteiger partial charge in [-0.2, -0.15) is 6.42 Å². The molecule has 1 aromatic rings. The zero-order valence-corrected chi connectivity index (χ0v) is 8.88. The maximum absolute atomic E-state index is 4.94. The second-order valence-corrected chi connectivity index (χ2v) is 1.72. The summed E-state index contributed by atoms with van der Waals surface area (Å²) in [5, 5.41) is 0. The zero-order chi connectivity index (χ0) is 6.53. The molecule has 0 saturated heterocycles. The quantitative estimate of drug-likeness (QED) is 0.534. The van der Waals surface area contributed by atoms with Crippen LogP contribution >= 0.6 is 0 Å². The van der Waals surface area contributed by atoms with Crippen molar-refractivity contribution in [1.29, 1.82) is 0 Å². The van der Waals surface area contributed by atoms with Gasteiger partial charge in [0.1, 0.15) is 6.26 Å². The van der Waals surface area contributed by atoms with Crippen LogP contribution in [0.2, 0.25) is 0 Å². The van der Waals surface area contributed by atoms with Gasteiger partial charge in [0, 0.05) is 0 Å². The average molecular weight is 189 g/mol. The molecule has 50 valence electrons. The normalized spacial score (nSPS) is 8.50. The SMILES string of the molecule is [CH2-]CC[CH-]c1ncco1.[Zn+2]. The molecule has 3 heteroatoms. The van der Waals surface area contributed by atoms with E-state index in [-0.39, 0.29) is 19.5 Å². The van der Waals surface area contributed by atoms with E-state index in [4.69, 9.17) is 4.42 Å². The number of hydrogen-bond donors (Lipinski definition) is 0. The van der Waals surface area contributed by atoms with Gasteiger partial charge >= 0.3 is 19.5 Å². The molecule has 1 heterocycles. The zero-order valence-electron chi connectivity index (χ0n) is 5.92. The van der Waals surface area contributed by atoms with E-state index in [0.29, 0.717) is 5.89 Å². The summed E-state index contributed by atoms with van der Waals surface area (Å²) in [6, 6.07) is 0. The van der Waals surface area contributed by atoms with Crippen molar-refractivity contribution < 1.29 is 23.9 Å². The van der Waals surface area contributed by atoms with Crippen LogP contribution in [-0.2, 0) is 19.5 Å². The first-order valence-electron chi connectivity index (χ1n) is 2.95. The topological polar surface area (TPSA) is 26.0 Å². The van der Waals surface area contributed by atoms with E-state index in [1.165, 1.54) is 0 Å². The van der Waals surface area contributed by atoms with E-state index >= 15 is 0 Å². The van der Waals surface area contributed by atoms with Gasteiger partial charge in [0.2, 0.25) is 0 Å². The van der Waals surface area contributed by atoms with Crippen LogP contribution in [0.4, 0.5) is 0 Å². The molecule has 0 amide bonds. The van der Waals surface area contributed by atoms with Crippen LogP contribution in [0.3, 0.4) is 0 Å². The van der Waals surface area contributed by atoms with Crippen molar-refractivity contribution in [3.05, 3.63) is 31.7 Å². The predicted octanol–water partition coefficient (Wildman–Crippen LogP) is 1.84. The van der Waals surface area contributed by atoms with Crippen molar-refractivity contribution in [3.8, 4) is 0 Å². The Morgan fingerprint density at radius 3 is 3.00 bits per heavy atom. The van der Waals surface area contributed by atoms with Crippen molar-refractivity contribution in [2.75, 3.05) is 0 Å². The molecular formula is C7H9NOZn. The fourth-order valence-corrected chi connectivity index (χ4v) is 0.561. The molecule has 1 rings (SSSR count). The summed E-state index contributed by atoms with van der Waals surface area (Å²) in [5.41, 5.74) is 0. The molecule has 0 radical (unpaired) electrons. The number of aromatic nitrogens is 1. The predicted molar refractivity (Wildman–Crippen MR) is 34.5 cm³/mol. The van der Waals surface area contributed by atoms with Gasteiger partial charge in [-0.3, -0.25) is 4.98 Å². The van der Waals surface area contributed by atoms with Gasteiger partial charge < -0.3 is 17.8 Å². The Kier molecular flexibility index (Phi) is 5.32. The second-order valence-electron chi connectivity index (χ2n) is 1.72. The van der Waals surface area contributed by atoms with Crippen LogP contribution in [0.5, 0.6) is 0 Å². The van der Waals surface area contributed by atoms with Gasteiger partial charge in [0.15, 0.2) is 0 Å². The molecule has 0 spiro atoms. The van der Waals surface area contributed by atoms with Crippen LogP contribution in [0.1, 0.15) is 18.7 Å². The molecule has 0 N–H and O–H groups in total. The molecule has 10 heavy (non-hydrogen) atoms. The van der Waals surface area contributed by atoms with Crippen molar-refractivity contribution in [2.45, 2.75) is 12.8 Å². The van der Waals surface area contributed by atoms with E-state index in [9.17, 15) is 0 Å². The number of rotatable bonds is 3. The van der Waals surface area contributed by atoms with Crippen molar-refractivity contribution in [1.82, 2.24) is 4.98 Å². The van der Waals surface area contributed by atoms with Gasteiger partial charge in [-0.05, 0) is 0 Å². The standard InChI is InChI=1S/C7H9NO.Zn/c1-2-3-4-7-8-5-6-9-7;/h4-6H,1-3H2;/q-2;+2. The fraction of sp³-hybridized carbons (Fsp3) is 0.286. The first-order valence-corrected chi connectivity index (χ1v) is 2.95. The third kappa shape index (κ3) is 3.02. The van der Waals surface area contributed by atoms with E-state index in [2.05, 4.69) is 11.9 Å². The average Bonchev–Trinajstić information content (AvgIpc) is 2.34. The van der Waals surface area contributed by atoms with Gasteiger partial charge in [-0.1, -0.05) is 0 Å². The largest absolute Gasteiger partial charge is 2.00 e. The summed E-state index contributed by atoms with van der Waals surface area (Å²) in [5.74, 6) is 0.693. The Labute approximate surface area is 73.8 Å². The number of nitrogens with zero attached hydrogens (tertiary/aromatic N) is 1. The Morgan fingerprint density at radius 1 is 1.70 bits per heavy atom. The molecule has 0 atom stereocenters. The summed E-state index contributed by atoms with van der Waals surface area (Å²) in [4.78, 5) is 3.90. The van der Waals surface area contributed by atoms with Gasteiger partial charge in [-0.15, -0.1) is 0 Å². The van der Waals surface area contributed by atoms with Gasteiger partial charge in [-0.25, -0.2) is 6.42 Å². The Hall–Kier alpha value is -0.297. The molecule has 0 aliphatic heterocycles. The minimum absolute atomic E-state index is 0. The minimum atomic E-state index is 0. The number of oxazole rings is 1. The maximum Gasteiger partial charge on any atom is 2.00 e. The van der Waals surface area contributed by atoms with Crippen LogP contribution in [0.15, 0.2) is 16.9 Å². The first kappa shape index (κ1) is 9.70. The van der Waals surface area contributed by atoms with E-state index in [1.807, 2.05) is 6.42 Å². The van der Waals surface area contributed by atoms with Crippen LogP contribution in [-0.4, -0.2) is 4.98 Å². The van der Waals surface area contributed by atoms with Crippen molar-refractivity contribution in [3.63, 3.8) is 0 Å². The van der Waals surface area contributed by atoms with Crippen LogP contribution < -0.4 is 0 Å². The summed E-state index contributed by atoms with van der Waals surface area (Å²) in [6.07, 6.45) is 6.94. The summed E-state index contributed by atoms with van der Waals surface area (Å²) < 4.78 is 4.94. The van der Waals surface area contributed by atoms with Crippen molar-refractivity contribution >= 4 is 0 Å². The van der Waals surface area contributed by atoms with Gasteiger partial charge in [0.05, 0.1) is 12.1 Å². The Balaban J connectivity index is 0.000000810. The third-order valence-electron chi connectivity index (χ3n) is 0.975. The molecule has 0 saturated carbocycles. The molecule has 0 unspecified atom stereocenters. The molecule has 0 fully saturated rings. The van der Waals surface area contributed by atoms with Crippen LogP contribution in [0.25, 0.3) is 0 Å². The Bertz CT molecular complexity index is 151. The van der Waals surface area contributed by atoms with E-state index < -0.39 is 0 Å². The Morgan fingerprint density at radius 2 is 2.50 bits per heavy atom. The summed E-state index contributed by atoms with van der Waals surface area (Å²) in [6.45, 7) is 3.68. The molecule has 2 nitrogen and oxygen atoms in total.